The first-order valence-corrected chi connectivity index (χ1v) is 4.48. The zero-order valence-corrected chi connectivity index (χ0v) is 8.51. The topological polar surface area (TPSA) is 56.5 Å². The van der Waals surface area contributed by atoms with Gasteiger partial charge in [0, 0.05) is 20.4 Å². The average molecular weight is 200 g/mol. The van der Waals surface area contributed by atoms with E-state index in [2.05, 4.69) is 5.10 Å². The quantitative estimate of drug-likeness (QED) is 0.662. The van der Waals surface area contributed by atoms with Crippen molar-refractivity contribution < 1.29 is 14.6 Å². The van der Waals surface area contributed by atoms with E-state index in [0.717, 1.165) is 5.69 Å². The second-order valence-electron chi connectivity index (χ2n) is 2.96. The molecule has 5 heteroatoms. The summed E-state index contributed by atoms with van der Waals surface area (Å²) in [7, 11) is 3.40. The summed E-state index contributed by atoms with van der Waals surface area (Å²) in [6.45, 7) is 1.30. The molecule has 0 aliphatic rings. The van der Waals surface area contributed by atoms with Gasteiger partial charge in [0.15, 0.2) is 0 Å². The number of aliphatic hydroxyl groups excluding tert-OH is 1. The van der Waals surface area contributed by atoms with Crippen LogP contribution in [0.3, 0.4) is 0 Å². The first-order valence-electron chi connectivity index (χ1n) is 4.48. The fourth-order valence-electron chi connectivity index (χ4n) is 1.13. The zero-order valence-electron chi connectivity index (χ0n) is 8.51. The number of methoxy groups -OCH3 is 1. The molecule has 0 saturated carbocycles. The highest BCUT2D eigenvalue weighted by Gasteiger charge is 2.10. The molecule has 0 radical (unpaired) electrons. The molecule has 0 amide bonds. The smallest absolute Gasteiger partial charge is 0.119 e. The van der Waals surface area contributed by atoms with Gasteiger partial charge in [-0.25, -0.2) is 0 Å². The zero-order chi connectivity index (χ0) is 10.4. The maximum Gasteiger partial charge on any atom is 0.119 e. The maximum atomic E-state index is 9.66. The van der Waals surface area contributed by atoms with Crippen LogP contribution < -0.4 is 0 Å². The van der Waals surface area contributed by atoms with Crippen molar-refractivity contribution >= 4 is 0 Å². The van der Waals surface area contributed by atoms with Gasteiger partial charge in [0.25, 0.3) is 0 Å². The Morgan fingerprint density at radius 2 is 2.36 bits per heavy atom. The lowest BCUT2D eigenvalue weighted by Crippen LogP contribution is -2.13. The highest BCUT2D eigenvalue weighted by atomic mass is 16.5. The Bertz CT molecular complexity index is 262. The van der Waals surface area contributed by atoms with E-state index < -0.39 is 6.10 Å². The Morgan fingerprint density at radius 1 is 1.57 bits per heavy atom. The lowest BCUT2D eigenvalue weighted by atomic mass is 10.3. The summed E-state index contributed by atoms with van der Waals surface area (Å²) in [5.41, 5.74) is 0.752. The molecule has 0 saturated heterocycles. The minimum atomic E-state index is -0.626. The summed E-state index contributed by atoms with van der Waals surface area (Å²) in [6, 6.07) is 1.77. The summed E-state index contributed by atoms with van der Waals surface area (Å²) in [4.78, 5) is 0. The Hall–Kier alpha value is -0.910. The number of aryl methyl sites for hydroxylation is 1. The summed E-state index contributed by atoms with van der Waals surface area (Å²) < 4.78 is 11.6. The molecule has 0 aliphatic carbocycles. The van der Waals surface area contributed by atoms with Gasteiger partial charge in [-0.3, -0.25) is 4.68 Å². The first-order chi connectivity index (χ1) is 6.75. The number of aromatic nitrogens is 2. The maximum absolute atomic E-state index is 9.66. The van der Waals surface area contributed by atoms with Crippen molar-refractivity contribution in [1.29, 1.82) is 0 Å². The molecule has 80 valence electrons. The van der Waals surface area contributed by atoms with Crippen molar-refractivity contribution in [3.63, 3.8) is 0 Å². The standard InChI is InChI=1S/C9H16N2O3/c1-11-8(3-4-10-11)9(12)7-14-6-5-13-2/h3-4,9,12H,5-7H2,1-2H3. The van der Waals surface area contributed by atoms with Crippen LogP contribution in [-0.4, -0.2) is 41.8 Å². The van der Waals surface area contributed by atoms with Crippen molar-refractivity contribution in [1.82, 2.24) is 9.78 Å². The summed E-state index contributed by atoms with van der Waals surface area (Å²) >= 11 is 0. The van der Waals surface area contributed by atoms with Gasteiger partial charge in [0.1, 0.15) is 6.10 Å². The summed E-state index contributed by atoms with van der Waals surface area (Å²) in [5.74, 6) is 0. The molecule has 0 aromatic carbocycles. The van der Waals surface area contributed by atoms with E-state index in [1.807, 2.05) is 0 Å². The van der Waals surface area contributed by atoms with Crippen molar-refractivity contribution in [3.8, 4) is 0 Å². The van der Waals surface area contributed by atoms with E-state index >= 15 is 0 Å². The van der Waals surface area contributed by atoms with Crippen LogP contribution in [0.15, 0.2) is 12.3 Å². The Morgan fingerprint density at radius 3 is 2.93 bits per heavy atom. The molecule has 0 spiro atoms. The summed E-state index contributed by atoms with van der Waals surface area (Å²) in [5, 5.41) is 13.6. The van der Waals surface area contributed by atoms with E-state index in [1.165, 1.54) is 0 Å². The van der Waals surface area contributed by atoms with Crippen LogP contribution in [-0.2, 0) is 16.5 Å². The van der Waals surface area contributed by atoms with Crippen LogP contribution in [0, 0.1) is 0 Å². The van der Waals surface area contributed by atoms with Crippen LogP contribution in [0.5, 0.6) is 0 Å². The highest BCUT2D eigenvalue weighted by molar-refractivity contribution is 5.03. The van der Waals surface area contributed by atoms with E-state index in [9.17, 15) is 5.11 Å². The van der Waals surface area contributed by atoms with Crippen molar-refractivity contribution in [2.75, 3.05) is 26.9 Å². The number of aliphatic hydroxyl groups is 1. The molecule has 1 atom stereocenters. The van der Waals surface area contributed by atoms with Crippen molar-refractivity contribution in [3.05, 3.63) is 18.0 Å². The second kappa shape index (κ2) is 5.74. The van der Waals surface area contributed by atoms with E-state index in [0.29, 0.717) is 13.2 Å². The molecule has 1 unspecified atom stereocenters. The molecule has 1 N–H and O–H groups in total. The van der Waals surface area contributed by atoms with Crippen LogP contribution in [0.2, 0.25) is 0 Å². The SMILES string of the molecule is COCCOCC(O)c1ccnn1C. The molecule has 1 heterocycles. The van der Waals surface area contributed by atoms with Gasteiger partial charge >= 0.3 is 0 Å². The molecule has 1 rings (SSSR count). The molecule has 5 nitrogen and oxygen atoms in total. The number of ether oxygens (including phenoxy) is 2. The van der Waals surface area contributed by atoms with Crippen LogP contribution >= 0.6 is 0 Å². The Labute approximate surface area is 83.2 Å². The molecule has 1 aromatic heterocycles. The molecule has 0 aliphatic heterocycles. The third-order valence-corrected chi connectivity index (χ3v) is 1.91. The predicted octanol–water partition coefficient (Wildman–Crippen LogP) is 0.116. The predicted molar refractivity (Wildman–Crippen MR) is 50.9 cm³/mol. The molecule has 14 heavy (non-hydrogen) atoms. The number of nitrogens with zero attached hydrogens (tertiary/aromatic N) is 2. The van der Waals surface area contributed by atoms with Gasteiger partial charge < -0.3 is 14.6 Å². The lowest BCUT2D eigenvalue weighted by molar-refractivity contribution is 0.00972. The Balaban J connectivity index is 2.28. The molecular weight excluding hydrogens is 184 g/mol. The fraction of sp³-hybridized carbons (Fsp3) is 0.667. The van der Waals surface area contributed by atoms with Crippen molar-refractivity contribution in [2.24, 2.45) is 7.05 Å². The molecular formula is C9H16N2O3. The first kappa shape index (κ1) is 11.2. The fourth-order valence-corrected chi connectivity index (χ4v) is 1.13. The highest BCUT2D eigenvalue weighted by Crippen LogP contribution is 2.10. The van der Waals surface area contributed by atoms with Gasteiger partial charge in [0.05, 0.1) is 25.5 Å². The second-order valence-corrected chi connectivity index (χ2v) is 2.96. The minimum absolute atomic E-state index is 0.267. The van der Waals surface area contributed by atoms with Gasteiger partial charge in [0.2, 0.25) is 0 Å². The van der Waals surface area contributed by atoms with Crippen LogP contribution in [0.1, 0.15) is 11.8 Å². The van der Waals surface area contributed by atoms with Crippen LogP contribution in [0.25, 0.3) is 0 Å². The number of hydrogen-bond donors (Lipinski definition) is 1. The third kappa shape index (κ3) is 3.10. The van der Waals surface area contributed by atoms with Gasteiger partial charge in [-0.2, -0.15) is 5.10 Å². The largest absolute Gasteiger partial charge is 0.384 e. The van der Waals surface area contributed by atoms with E-state index in [4.69, 9.17) is 9.47 Å². The third-order valence-electron chi connectivity index (χ3n) is 1.91. The number of rotatable bonds is 6. The van der Waals surface area contributed by atoms with Crippen LogP contribution in [0.4, 0.5) is 0 Å². The van der Waals surface area contributed by atoms with E-state index in [-0.39, 0.29) is 6.61 Å². The Kier molecular flexibility index (Phi) is 4.58. The monoisotopic (exact) mass is 200 g/mol. The minimum Gasteiger partial charge on any atom is -0.384 e. The van der Waals surface area contributed by atoms with E-state index in [1.54, 1.807) is 31.1 Å². The number of hydrogen-bond acceptors (Lipinski definition) is 4. The van der Waals surface area contributed by atoms with Gasteiger partial charge in [-0.15, -0.1) is 0 Å². The summed E-state index contributed by atoms with van der Waals surface area (Å²) in [6.07, 6.45) is 1.02. The molecule has 1 aromatic rings. The van der Waals surface area contributed by atoms with Crippen molar-refractivity contribution in [2.45, 2.75) is 6.10 Å². The normalized spacial score (nSPS) is 13.1. The van der Waals surface area contributed by atoms with Gasteiger partial charge in [-0.1, -0.05) is 0 Å². The lowest BCUT2D eigenvalue weighted by Gasteiger charge is -2.11. The molecule has 0 fully saturated rings. The average Bonchev–Trinajstić information content (AvgIpc) is 2.59. The van der Waals surface area contributed by atoms with Gasteiger partial charge in [-0.05, 0) is 6.07 Å². The molecule has 0 bridgehead atoms.